The van der Waals surface area contributed by atoms with Crippen molar-refractivity contribution in [2.45, 2.75) is 19.3 Å². The molecule has 1 saturated carbocycles. The minimum Gasteiger partial charge on any atom is -0.492 e. The fourth-order valence-corrected chi connectivity index (χ4v) is 2.40. The predicted molar refractivity (Wildman–Crippen MR) is 74.4 cm³/mol. The van der Waals surface area contributed by atoms with Crippen LogP contribution in [0.25, 0.3) is 10.9 Å². The predicted octanol–water partition coefficient (Wildman–Crippen LogP) is 2.41. The van der Waals surface area contributed by atoms with E-state index in [2.05, 4.69) is 4.98 Å². The molecule has 2 N–H and O–H groups in total. The number of aromatic carboxylic acids is 1. The smallest absolute Gasteiger partial charge is 0.341 e. The van der Waals surface area contributed by atoms with Crippen LogP contribution < -0.4 is 10.3 Å². The molecule has 0 bridgehead atoms. The third kappa shape index (κ3) is 2.27. The molecule has 3 rings (SSSR count). The van der Waals surface area contributed by atoms with Gasteiger partial charge in [0.1, 0.15) is 11.3 Å². The van der Waals surface area contributed by atoms with Gasteiger partial charge in [0, 0.05) is 6.07 Å². The SMILES string of the molecule is O=C(O)c1c(OCC2CCC2)ccc2ccc(=O)[nH]c12. The molecule has 0 unspecified atom stereocenters. The van der Waals surface area contributed by atoms with Crippen LogP contribution in [0.4, 0.5) is 0 Å². The van der Waals surface area contributed by atoms with Crippen LogP contribution >= 0.6 is 0 Å². The number of rotatable bonds is 4. The Balaban J connectivity index is 2.03. The standard InChI is InChI=1S/C15H15NO4/c17-12-7-5-10-4-6-11(20-8-9-2-1-3-9)13(15(18)19)14(10)16-12/h4-7,9H,1-3,8H2,(H,16,17)(H,18,19). The van der Waals surface area contributed by atoms with Gasteiger partial charge in [0.15, 0.2) is 0 Å². The maximum absolute atomic E-state index is 11.5. The monoisotopic (exact) mass is 273 g/mol. The zero-order valence-corrected chi connectivity index (χ0v) is 10.9. The number of ether oxygens (including phenoxy) is 1. The summed E-state index contributed by atoms with van der Waals surface area (Å²) in [6.07, 6.45) is 3.48. The third-order valence-electron chi connectivity index (χ3n) is 3.77. The quantitative estimate of drug-likeness (QED) is 0.896. The number of fused-ring (bicyclic) bond motifs is 1. The topological polar surface area (TPSA) is 79.4 Å². The maximum atomic E-state index is 11.5. The van der Waals surface area contributed by atoms with E-state index in [0.717, 1.165) is 12.8 Å². The molecule has 1 aliphatic carbocycles. The van der Waals surface area contributed by atoms with Crippen molar-refractivity contribution in [3.8, 4) is 5.75 Å². The average Bonchev–Trinajstić information content (AvgIpc) is 2.35. The van der Waals surface area contributed by atoms with Gasteiger partial charge in [-0.2, -0.15) is 0 Å². The minimum atomic E-state index is -1.10. The summed E-state index contributed by atoms with van der Waals surface area (Å²) < 4.78 is 5.65. The van der Waals surface area contributed by atoms with Gasteiger partial charge in [0.2, 0.25) is 5.56 Å². The van der Waals surface area contributed by atoms with E-state index < -0.39 is 5.97 Å². The highest BCUT2D eigenvalue weighted by molar-refractivity contribution is 6.04. The highest BCUT2D eigenvalue weighted by Crippen LogP contribution is 2.30. The van der Waals surface area contributed by atoms with Crippen molar-refractivity contribution in [3.05, 3.63) is 40.2 Å². The number of benzene rings is 1. The summed E-state index contributed by atoms with van der Waals surface area (Å²) in [6.45, 7) is 0.531. The second-order valence-electron chi connectivity index (χ2n) is 5.14. The Hall–Kier alpha value is -2.30. The molecule has 2 aromatic rings. The minimum absolute atomic E-state index is 0.0273. The van der Waals surface area contributed by atoms with Gasteiger partial charge in [-0.1, -0.05) is 6.42 Å². The molecular weight excluding hydrogens is 258 g/mol. The van der Waals surface area contributed by atoms with E-state index in [1.807, 2.05) is 0 Å². The highest BCUT2D eigenvalue weighted by Gasteiger charge is 2.21. The first-order valence-corrected chi connectivity index (χ1v) is 6.67. The lowest BCUT2D eigenvalue weighted by Crippen LogP contribution is -2.20. The molecule has 1 aliphatic rings. The van der Waals surface area contributed by atoms with Gasteiger partial charge in [-0.05, 0) is 42.3 Å². The summed E-state index contributed by atoms with van der Waals surface area (Å²) in [6, 6.07) is 6.40. The molecule has 0 amide bonds. The molecule has 5 nitrogen and oxygen atoms in total. The Morgan fingerprint density at radius 1 is 1.30 bits per heavy atom. The summed E-state index contributed by atoms with van der Waals surface area (Å²) in [5.41, 5.74) is 0.0202. The van der Waals surface area contributed by atoms with Gasteiger partial charge < -0.3 is 14.8 Å². The number of hydrogen-bond acceptors (Lipinski definition) is 3. The Morgan fingerprint density at radius 2 is 2.05 bits per heavy atom. The number of carbonyl (C=O) groups is 1. The molecule has 1 aromatic heterocycles. The number of carboxylic acid groups (broad SMARTS) is 1. The van der Waals surface area contributed by atoms with Crippen molar-refractivity contribution >= 4 is 16.9 Å². The zero-order valence-electron chi connectivity index (χ0n) is 10.9. The van der Waals surface area contributed by atoms with Crippen molar-refractivity contribution < 1.29 is 14.6 Å². The maximum Gasteiger partial charge on any atom is 0.341 e. The van der Waals surface area contributed by atoms with Crippen molar-refractivity contribution in [1.82, 2.24) is 4.98 Å². The lowest BCUT2D eigenvalue weighted by molar-refractivity contribution is 0.0692. The number of nitrogens with one attached hydrogen (secondary N) is 1. The largest absolute Gasteiger partial charge is 0.492 e. The fraction of sp³-hybridized carbons (Fsp3) is 0.333. The van der Waals surface area contributed by atoms with E-state index in [-0.39, 0.29) is 11.1 Å². The van der Waals surface area contributed by atoms with Crippen molar-refractivity contribution in [3.63, 3.8) is 0 Å². The Labute approximate surface area is 115 Å². The lowest BCUT2D eigenvalue weighted by Gasteiger charge is -2.25. The van der Waals surface area contributed by atoms with Gasteiger partial charge in [0.25, 0.3) is 0 Å². The van der Waals surface area contributed by atoms with Crippen LogP contribution in [-0.2, 0) is 0 Å². The molecule has 0 aliphatic heterocycles. The number of aromatic nitrogens is 1. The van der Waals surface area contributed by atoms with Crippen LogP contribution in [-0.4, -0.2) is 22.7 Å². The Bertz CT molecular complexity index is 715. The van der Waals surface area contributed by atoms with E-state index in [0.29, 0.717) is 29.2 Å². The molecule has 0 saturated heterocycles. The number of hydrogen-bond donors (Lipinski definition) is 2. The fourth-order valence-electron chi connectivity index (χ4n) is 2.40. The van der Waals surface area contributed by atoms with E-state index in [1.165, 1.54) is 12.5 Å². The average molecular weight is 273 g/mol. The summed E-state index contributed by atoms with van der Waals surface area (Å²) in [4.78, 5) is 25.5. The van der Waals surface area contributed by atoms with Crippen LogP contribution in [0.2, 0.25) is 0 Å². The van der Waals surface area contributed by atoms with E-state index in [1.54, 1.807) is 18.2 Å². The zero-order chi connectivity index (χ0) is 14.1. The molecule has 0 spiro atoms. The van der Waals surface area contributed by atoms with Crippen LogP contribution in [0.3, 0.4) is 0 Å². The Morgan fingerprint density at radius 3 is 2.70 bits per heavy atom. The van der Waals surface area contributed by atoms with Crippen LogP contribution in [0.1, 0.15) is 29.6 Å². The number of carboxylic acids is 1. The molecule has 1 aromatic carbocycles. The highest BCUT2D eigenvalue weighted by atomic mass is 16.5. The van der Waals surface area contributed by atoms with Gasteiger partial charge >= 0.3 is 5.97 Å². The molecule has 0 atom stereocenters. The van der Waals surface area contributed by atoms with Gasteiger partial charge in [0.05, 0.1) is 12.1 Å². The number of H-pyrrole nitrogens is 1. The second kappa shape index (κ2) is 5.00. The molecule has 1 heterocycles. The first kappa shape index (κ1) is 12.7. The van der Waals surface area contributed by atoms with Crippen molar-refractivity contribution in [1.29, 1.82) is 0 Å². The van der Waals surface area contributed by atoms with E-state index in [9.17, 15) is 14.7 Å². The molecule has 1 fully saturated rings. The molecule has 20 heavy (non-hydrogen) atoms. The number of aromatic amines is 1. The summed E-state index contributed by atoms with van der Waals surface area (Å²) >= 11 is 0. The van der Waals surface area contributed by atoms with E-state index in [4.69, 9.17) is 4.74 Å². The van der Waals surface area contributed by atoms with Crippen molar-refractivity contribution in [2.24, 2.45) is 5.92 Å². The normalized spacial score (nSPS) is 15.0. The first-order valence-electron chi connectivity index (χ1n) is 6.67. The molecular formula is C15H15NO4. The van der Waals surface area contributed by atoms with Crippen LogP contribution in [0, 0.1) is 5.92 Å². The van der Waals surface area contributed by atoms with Gasteiger partial charge in [-0.15, -0.1) is 0 Å². The van der Waals surface area contributed by atoms with Gasteiger partial charge in [-0.3, -0.25) is 4.79 Å². The summed E-state index contributed by atoms with van der Waals surface area (Å²) in [5, 5.41) is 10.1. The lowest BCUT2D eigenvalue weighted by atomic mass is 9.86. The number of pyridine rings is 1. The van der Waals surface area contributed by atoms with Crippen LogP contribution in [0.15, 0.2) is 29.1 Å². The Kier molecular flexibility index (Phi) is 3.18. The first-order chi connectivity index (χ1) is 9.65. The molecule has 0 radical (unpaired) electrons. The summed E-state index contributed by atoms with van der Waals surface area (Å²) in [7, 11) is 0. The summed E-state index contributed by atoms with van der Waals surface area (Å²) in [5.74, 6) is -0.262. The second-order valence-corrected chi connectivity index (χ2v) is 5.14. The van der Waals surface area contributed by atoms with Crippen LogP contribution in [0.5, 0.6) is 5.75 Å². The third-order valence-corrected chi connectivity index (χ3v) is 3.77. The molecule has 5 heteroatoms. The van der Waals surface area contributed by atoms with Gasteiger partial charge in [-0.25, -0.2) is 4.79 Å². The van der Waals surface area contributed by atoms with Crippen molar-refractivity contribution in [2.75, 3.05) is 6.61 Å². The van der Waals surface area contributed by atoms with E-state index >= 15 is 0 Å². The molecule has 104 valence electrons.